The summed E-state index contributed by atoms with van der Waals surface area (Å²) in [5.74, 6) is -2.58. The molecule has 0 spiro atoms. The van der Waals surface area contributed by atoms with Gasteiger partial charge in [0, 0.05) is 46.4 Å². The number of carbonyl (C=O) groups is 2. The van der Waals surface area contributed by atoms with Gasteiger partial charge in [-0.25, -0.2) is 4.79 Å². The zero-order chi connectivity index (χ0) is 36.5. The molecule has 0 aliphatic rings. The number of hydrogen-bond acceptors (Lipinski definition) is 7. The smallest absolute Gasteiger partial charge is 0.379 e. The number of nitrogens with one attached hydrogen (secondary N) is 3. The van der Waals surface area contributed by atoms with Gasteiger partial charge in [-0.15, -0.1) is 0 Å². The van der Waals surface area contributed by atoms with Crippen LogP contribution in [0, 0.1) is 20.2 Å². The van der Waals surface area contributed by atoms with E-state index in [1.807, 2.05) is 36.5 Å². The first-order valence-electron chi connectivity index (χ1n) is 15.0. The summed E-state index contributed by atoms with van der Waals surface area (Å²) in [4.78, 5) is 51.2. The minimum Gasteiger partial charge on any atom is -0.480 e. The lowest BCUT2D eigenvalue weighted by atomic mass is 10.0. The van der Waals surface area contributed by atoms with Crippen LogP contribution < -0.4 is 5.73 Å². The van der Waals surface area contributed by atoms with E-state index in [0.29, 0.717) is 11.9 Å². The molecule has 2 unspecified atom stereocenters. The van der Waals surface area contributed by atoms with E-state index in [1.54, 1.807) is 18.3 Å². The quantitative estimate of drug-likeness (QED) is 0.0641. The third-order valence-corrected chi connectivity index (χ3v) is 7.88. The molecule has 50 heavy (non-hydrogen) atoms. The molecule has 2 atom stereocenters. The molecule has 3 heterocycles. The number of nitrogens with zero attached hydrogens (tertiary/aromatic N) is 2. The molecule has 0 bridgehead atoms. The fraction of sp³-hybridized carbons (Fsp3) is 0.111. The molecule has 0 saturated carbocycles. The number of aliphatic carboxylic acids is 2. The van der Waals surface area contributed by atoms with Gasteiger partial charge in [0.05, 0.1) is 27.8 Å². The standard InChI is InChI=1S/C13H11N3O6.C13H14N2O2.C10H9N/c1-2-7-3-4-9-11(12(7)16(21)22)8(6-14-9)5-10(13(17)18)15(19)20;1-2-8-3-4-12-10(5-8)9(7-15-12)6-11(14)13(16)17;1-2-8-3-4-10-9(7-8)5-6-11-10/h2-4,6,10,14H,1,5H2,(H,17,18);2-5,7,11,15H,1,6,14H2,(H,16,17);2-7,11H,1H2. The van der Waals surface area contributed by atoms with E-state index < -0.39 is 40.3 Å². The van der Waals surface area contributed by atoms with Crippen molar-refractivity contribution in [3.05, 3.63) is 141 Å². The number of benzene rings is 3. The predicted octanol–water partition coefficient (Wildman–Crippen LogP) is 6.57. The van der Waals surface area contributed by atoms with Gasteiger partial charge in [-0.3, -0.25) is 25.0 Å². The van der Waals surface area contributed by atoms with Gasteiger partial charge in [0.1, 0.15) is 6.04 Å². The molecule has 0 amide bonds. The summed E-state index contributed by atoms with van der Waals surface area (Å²) in [6.07, 6.45) is 9.87. The van der Waals surface area contributed by atoms with Crippen LogP contribution in [0.2, 0.25) is 0 Å². The summed E-state index contributed by atoms with van der Waals surface area (Å²) >= 11 is 0. The van der Waals surface area contributed by atoms with E-state index in [4.69, 9.17) is 15.9 Å². The van der Waals surface area contributed by atoms with E-state index in [1.165, 1.54) is 29.2 Å². The highest BCUT2D eigenvalue weighted by atomic mass is 16.6. The normalized spacial score (nSPS) is 11.8. The van der Waals surface area contributed by atoms with Crippen LogP contribution in [0.15, 0.2) is 92.9 Å². The first-order chi connectivity index (χ1) is 23.9. The first-order valence-corrected chi connectivity index (χ1v) is 15.0. The topological polar surface area (TPSA) is 234 Å². The molecule has 0 aliphatic carbocycles. The second kappa shape index (κ2) is 15.9. The molecule has 3 aromatic heterocycles. The number of hydrogen-bond donors (Lipinski definition) is 6. The summed E-state index contributed by atoms with van der Waals surface area (Å²) in [5.41, 5.74) is 11.4. The lowest BCUT2D eigenvalue weighted by Gasteiger charge is -2.05. The molecular formula is C36H34N6O8. The van der Waals surface area contributed by atoms with E-state index >= 15 is 0 Å². The van der Waals surface area contributed by atoms with Gasteiger partial charge in [-0.2, -0.15) is 0 Å². The third kappa shape index (κ3) is 8.18. The lowest BCUT2D eigenvalue weighted by molar-refractivity contribution is -0.509. The Hall–Kier alpha value is -6.80. The van der Waals surface area contributed by atoms with Crippen LogP contribution in [0.4, 0.5) is 5.69 Å². The van der Waals surface area contributed by atoms with E-state index in [0.717, 1.165) is 27.6 Å². The molecule has 14 heteroatoms. The zero-order valence-corrected chi connectivity index (χ0v) is 26.7. The van der Waals surface area contributed by atoms with Gasteiger partial charge < -0.3 is 30.9 Å². The minimum atomic E-state index is -1.87. The van der Waals surface area contributed by atoms with Crippen molar-refractivity contribution in [2.24, 2.45) is 5.73 Å². The first kappa shape index (κ1) is 36.0. The number of nitro benzene ring substituents is 1. The summed E-state index contributed by atoms with van der Waals surface area (Å²) in [5, 5.41) is 42.2. The zero-order valence-electron chi connectivity index (χ0n) is 26.7. The number of rotatable bonds is 11. The molecule has 0 saturated heterocycles. The number of aromatic nitrogens is 3. The van der Waals surface area contributed by atoms with Gasteiger partial charge in [-0.05, 0) is 70.1 Å². The van der Waals surface area contributed by atoms with Crippen molar-refractivity contribution in [1.29, 1.82) is 0 Å². The van der Waals surface area contributed by atoms with Crippen molar-refractivity contribution >= 4 is 68.6 Å². The number of nitrogens with two attached hydrogens (primary N) is 1. The highest BCUT2D eigenvalue weighted by Crippen LogP contribution is 2.33. The molecule has 0 fully saturated rings. The van der Waals surface area contributed by atoms with Crippen LogP contribution in [0.25, 0.3) is 50.9 Å². The van der Waals surface area contributed by atoms with E-state index in [2.05, 4.69) is 52.9 Å². The monoisotopic (exact) mass is 678 g/mol. The molecule has 0 aliphatic heterocycles. The average Bonchev–Trinajstić information content (AvgIpc) is 3.84. The Morgan fingerprint density at radius 2 is 1.40 bits per heavy atom. The Bertz CT molecular complexity index is 2230. The molecule has 3 aromatic carbocycles. The van der Waals surface area contributed by atoms with Crippen LogP contribution >= 0.6 is 0 Å². The second-order valence-corrected chi connectivity index (χ2v) is 11.0. The van der Waals surface area contributed by atoms with Gasteiger partial charge in [0.25, 0.3) is 5.69 Å². The van der Waals surface area contributed by atoms with E-state index in [-0.39, 0.29) is 22.2 Å². The Morgan fingerprint density at radius 3 is 2.00 bits per heavy atom. The van der Waals surface area contributed by atoms with Crippen molar-refractivity contribution in [3.63, 3.8) is 0 Å². The van der Waals surface area contributed by atoms with Crippen molar-refractivity contribution in [2.75, 3.05) is 0 Å². The van der Waals surface area contributed by atoms with Crippen LogP contribution in [-0.2, 0) is 22.4 Å². The summed E-state index contributed by atoms with van der Waals surface area (Å²) < 4.78 is 0. The van der Waals surface area contributed by atoms with Crippen molar-refractivity contribution in [2.45, 2.75) is 24.9 Å². The maximum atomic E-state index is 11.3. The highest BCUT2D eigenvalue weighted by molar-refractivity contribution is 5.96. The Kier molecular flexibility index (Phi) is 11.4. The van der Waals surface area contributed by atoms with Gasteiger partial charge in [0.2, 0.25) is 0 Å². The molecule has 6 rings (SSSR count). The molecule has 256 valence electrons. The number of nitro groups is 2. The maximum Gasteiger partial charge on any atom is 0.379 e. The lowest BCUT2D eigenvalue weighted by Crippen LogP contribution is -2.32. The summed E-state index contributed by atoms with van der Waals surface area (Å²) in [7, 11) is 0. The maximum absolute atomic E-state index is 11.3. The summed E-state index contributed by atoms with van der Waals surface area (Å²) in [6, 6.07) is 14.5. The minimum absolute atomic E-state index is 0.163. The number of H-pyrrole nitrogens is 3. The predicted molar refractivity (Wildman–Crippen MR) is 193 cm³/mol. The number of carboxylic acids is 2. The Morgan fingerprint density at radius 1 is 0.780 bits per heavy atom. The SMILES string of the molecule is C=Cc1ccc2[nH]cc(CC(C(=O)O)[N+](=O)[O-])c2c1[N+](=O)[O-].C=Cc1ccc2[nH]cc(CC(N)C(=O)O)c2c1.C=Cc1ccc2[nH]ccc2c1. The van der Waals surface area contributed by atoms with Crippen LogP contribution in [0.3, 0.4) is 0 Å². The molecule has 6 aromatic rings. The molecular weight excluding hydrogens is 644 g/mol. The van der Waals surface area contributed by atoms with Crippen molar-refractivity contribution < 1.29 is 29.6 Å². The van der Waals surface area contributed by atoms with Crippen molar-refractivity contribution in [3.8, 4) is 0 Å². The van der Waals surface area contributed by atoms with Gasteiger partial charge >= 0.3 is 18.0 Å². The molecule has 0 radical (unpaired) electrons. The Labute approximate surface area is 284 Å². The third-order valence-electron chi connectivity index (χ3n) is 7.88. The Balaban J connectivity index is 0.000000178. The second-order valence-electron chi connectivity index (χ2n) is 11.0. The number of aromatic amines is 3. The number of carboxylic acid groups (broad SMARTS) is 2. The molecule has 7 N–H and O–H groups in total. The van der Waals surface area contributed by atoms with Crippen molar-refractivity contribution in [1.82, 2.24) is 15.0 Å². The van der Waals surface area contributed by atoms with Gasteiger partial charge in [0.15, 0.2) is 0 Å². The van der Waals surface area contributed by atoms with Gasteiger partial charge in [-0.1, -0.05) is 50.1 Å². The fourth-order valence-corrected chi connectivity index (χ4v) is 5.29. The van der Waals surface area contributed by atoms with Crippen LogP contribution in [0.5, 0.6) is 0 Å². The average molecular weight is 679 g/mol. The largest absolute Gasteiger partial charge is 0.480 e. The highest BCUT2D eigenvalue weighted by Gasteiger charge is 2.32. The summed E-state index contributed by atoms with van der Waals surface area (Å²) in [6.45, 7) is 10.9. The van der Waals surface area contributed by atoms with E-state index in [9.17, 15) is 29.8 Å². The van der Waals surface area contributed by atoms with Crippen LogP contribution in [-0.4, -0.2) is 59.0 Å². The van der Waals surface area contributed by atoms with Crippen LogP contribution in [0.1, 0.15) is 27.8 Å². The number of fused-ring (bicyclic) bond motifs is 3. The molecule has 14 nitrogen and oxygen atoms in total. The fourth-order valence-electron chi connectivity index (χ4n) is 5.29.